The van der Waals surface area contributed by atoms with E-state index in [0.717, 1.165) is 56.9 Å². The first-order valence-corrected chi connectivity index (χ1v) is 10.9. The van der Waals surface area contributed by atoms with Crippen molar-refractivity contribution in [3.8, 4) is 0 Å². The fourth-order valence-corrected chi connectivity index (χ4v) is 4.39. The second-order valence-electron chi connectivity index (χ2n) is 8.64. The molecule has 0 bridgehead atoms. The van der Waals surface area contributed by atoms with Crippen molar-refractivity contribution in [3.05, 3.63) is 35.4 Å². The third-order valence-corrected chi connectivity index (χ3v) is 5.67. The van der Waals surface area contributed by atoms with Crippen LogP contribution in [0.5, 0.6) is 0 Å². The summed E-state index contributed by atoms with van der Waals surface area (Å²) in [5, 5.41) is 3.47. The molecule has 2 heterocycles. The van der Waals surface area contributed by atoms with Gasteiger partial charge in [-0.1, -0.05) is 38.1 Å². The number of benzene rings is 1. The zero-order valence-electron chi connectivity index (χ0n) is 17.8. The third kappa shape index (κ3) is 5.73. The Labute approximate surface area is 170 Å². The number of rotatable bonds is 7. The van der Waals surface area contributed by atoms with Crippen molar-refractivity contribution in [3.63, 3.8) is 0 Å². The Morgan fingerprint density at radius 3 is 2.82 bits per heavy atom. The van der Waals surface area contributed by atoms with Crippen molar-refractivity contribution in [1.29, 1.82) is 0 Å². The maximum absolute atomic E-state index is 11.9. The van der Waals surface area contributed by atoms with E-state index in [9.17, 15) is 4.79 Å². The van der Waals surface area contributed by atoms with Crippen LogP contribution in [-0.2, 0) is 17.9 Å². The molecule has 1 amide bonds. The minimum absolute atomic E-state index is 0.280. The van der Waals surface area contributed by atoms with Gasteiger partial charge in [0.15, 0.2) is 5.96 Å². The van der Waals surface area contributed by atoms with Crippen LogP contribution in [0.1, 0.15) is 57.6 Å². The third-order valence-electron chi connectivity index (χ3n) is 5.67. The molecular weight excluding hydrogens is 348 g/mol. The van der Waals surface area contributed by atoms with Crippen molar-refractivity contribution < 1.29 is 4.79 Å². The van der Waals surface area contributed by atoms with Crippen LogP contribution in [0.25, 0.3) is 0 Å². The summed E-state index contributed by atoms with van der Waals surface area (Å²) >= 11 is 0. The predicted molar refractivity (Wildman–Crippen MR) is 115 cm³/mol. The maximum atomic E-state index is 11.9. The van der Waals surface area contributed by atoms with E-state index >= 15 is 0 Å². The molecular formula is C23H36N4O. The Balaban J connectivity index is 1.61. The average molecular weight is 385 g/mol. The molecule has 28 heavy (non-hydrogen) atoms. The number of amides is 1. The molecule has 2 aliphatic heterocycles. The highest BCUT2D eigenvalue weighted by molar-refractivity contribution is 5.80. The Hall–Kier alpha value is -2.04. The zero-order valence-corrected chi connectivity index (χ0v) is 17.8. The first-order chi connectivity index (χ1) is 13.5. The van der Waals surface area contributed by atoms with Crippen molar-refractivity contribution in [1.82, 2.24) is 15.1 Å². The number of likely N-dealkylation sites (tertiary alicyclic amines) is 2. The van der Waals surface area contributed by atoms with Gasteiger partial charge in [0.05, 0.1) is 6.54 Å². The van der Waals surface area contributed by atoms with Gasteiger partial charge in [-0.25, -0.2) is 4.99 Å². The number of carbonyl (C=O) groups excluding carboxylic acids is 1. The predicted octanol–water partition coefficient (Wildman–Crippen LogP) is 3.64. The summed E-state index contributed by atoms with van der Waals surface area (Å²) in [6, 6.07) is 8.53. The molecule has 1 unspecified atom stereocenters. The standard InChI is InChI=1S/C23H36N4O/c1-4-24-23(27-12-10-21(17-27)13-18(2)3)25-15-19-7-5-8-20(14-19)16-26-11-6-9-22(26)28/h5,7-8,14,18,21H,4,6,9-13,15-17H2,1-3H3,(H,24,25). The van der Waals surface area contributed by atoms with Gasteiger partial charge in [0.25, 0.3) is 0 Å². The van der Waals surface area contributed by atoms with E-state index in [-0.39, 0.29) is 5.91 Å². The lowest BCUT2D eigenvalue weighted by Crippen LogP contribution is -2.40. The first kappa shape index (κ1) is 20.7. The van der Waals surface area contributed by atoms with E-state index in [1.165, 1.54) is 24.0 Å². The number of nitrogens with zero attached hydrogens (tertiary/aromatic N) is 3. The molecule has 1 atom stereocenters. The molecule has 1 N–H and O–H groups in total. The van der Waals surface area contributed by atoms with Crippen LogP contribution in [-0.4, -0.2) is 47.8 Å². The lowest BCUT2D eigenvalue weighted by atomic mass is 9.97. The van der Waals surface area contributed by atoms with E-state index in [0.29, 0.717) is 13.0 Å². The summed E-state index contributed by atoms with van der Waals surface area (Å²) < 4.78 is 0. The molecule has 0 aliphatic carbocycles. The number of aliphatic imine (C=N–C) groups is 1. The number of guanidine groups is 1. The highest BCUT2D eigenvalue weighted by Crippen LogP contribution is 2.23. The van der Waals surface area contributed by atoms with E-state index in [1.54, 1.807) is 0 Å². The van der Waals surface area contributed by atoms with Gasteiger partial charge in [-0.2, -0.15) is 0 Å². The second-order valence-corrected chi connectivity index (χ2v) is 8.64. The largest absolute Gasteiger partial charge is 0.357 e. The maximum Gasteiger partial charge on any atom is 0.222 e. The smallest absolute Gasteiger partial charge is 0.222 e. The molecule has 0 aromatic heterocycles. The summed E-state index contributed by atoms with van der Waals surface area (Å²) in [6.07, 6.45) is 4.25. The summed E-state index contributed by atoms with van der Waals surface area (Å²) in [6.45, 7) is 12.1. The minimum atomic E-state index is 0.280. The van der Waals surface area contributed by atoms with Crippen LogP contribution in [0.2, 0.25) is 0 Å². The van der Waals surface area contributed by atoms with Crippen LogP contribution < -0.4 is 5.32 Å². The quantitative estimate of drug-likeness (QED) is 0.577. The molecule has 5 heteroatoms. The zero-order chi connectivity index (χ0) is 19.9. The fraction of sp³-hybridized carbons (Fsp3) is 0.652. The number of hydrogen-bond donors (Lipinski definition) is 1. The molecule has 3 rings (SSSR count). The van der Waals surface area contributed by atoms with Crippen molar-refractivity contribution in [2.24, 2.45) is 16.8 Å². The van der Waals surface area contributed by atoms with Crippen LogP contribution in [0.3, 0.4) is 0 Å². The fourth-order valence-electron chi connectivity index (χ4n) is 4.39. The summed E-state index contributed by atoms with van der Waals surface area (Å²) in [5.74, 6) is 2.86. The van der Waals surface area contributed by atoms with Crippen LogP contribution >= 0.6 is 0 Å². The number of nitrogens with one attached hydrogen (secondary N) is 1. The molecule has 2 aliphatic rings. The van der Waals surface area contributed by atoms with Gasteiger partial charge in [-0.05, 0) is 49.1 Å². The Morgan fingerprint density at radius 1 is 1.29 bits per heavy atom. The monoisotopic (exact) mass is 384 g/mol. The number of hydrogen-bond acceptors (Lipinski definition) is 2. The Kier molecular flexibility index (Phi) is 7.35. The molecule has 1 aromatic carbocycles. The highest BCUT2D eigenvalue weighted by atomic mass is 16.2. The van der Waals surface area contributed by atoms with Gasteiger partial charge in [-0.15, -0.1) is 0 Å². The molecule has 1 aromatic rings. The van der Waals surface area contributed by atoms with E-state index in [4.69, 9.17) is 4.99 Å². The first-order valence-electron chi connectivity index (χ1n) is 10.9. The lowest BCUT2D eigenvalue weighted by molar-refractivity contribution is -0.128. The lowest BCUT2D eigenvalue weighted by Gasteiger charge is -2.22. The van der Waals surface area contributed by atoms with E-state index in [2.05, 4.69) is 55.3 Å². The Morgan fingerprint density at radius 2 is 2.11 bits per heavy atom. The molecule has 2 fully saturated rings. The van der Waals surface area contributed by atoms with E-state index < -0.39 is 0 Å². The molecule has 154 valence electrons. The van der Waals surface area contributed by atoms with Crippen LogP contribution in [0.4, 0.5) is 0 Å². The van der Waals surface area contributed by atoms with Gasteiger partial charge in [-0.3, -0.25) is 4.79 Å². The topological polar surface area (TPSA) is 47.9 Å². The molecule has 5 nitrogen and oxygen atoms in total. The normalized spacial score (nSPS) is 20.5. The van der Waals surface area contributed by atoms with Gasteiger partial charge in [0.1, 0.15) is 0 Å². The van der Waals surface area contributed by atoms with Gasteiger partial charge in [0, 0.05) is 39.1 Å². The highest BCUT2D eigenvalue weighted by Gasteiger charge is 2.25. The summed E-state index contributed by atoms with van der Waals surface area (Å²) in [7, 11) is 0. The molecule has 2 saturated heterocycles. The van der Waals surface area contributed by atoms with Crippen LogP contribution in [0.15, 0.2) is 29.3 Å². The van der Waals surface area contributed by atoms with Gasteiger partial charge in [0.2, 0.25) is 5.91 Å². The van der Waals surface area contributed by atoms with E-state index in [1.807, 2.05) is 4.90 Å². The van der Waals surface area contributed by atoms with Crippen molar-refractivity contribution in [2.45, 2.75) is 59.5 Å². The Bertz CT molecular complexity index is 685. The SMILES string of the molecule is CCNC(=NCc1cccc(CN2CCCC2=O)c1)N1CCC(CC(C)C)C1. The summed E-state index contributed by atoms with van der Waals surface area (Å²) in [4.78, 5) is 21.2. The van der Waals surface area contributed by atoms with Gasteiger partial charge < -0.3 is 15.1 Å². The average Bonchev–Trinajstić information content (AvgIpc) is 3.28. The van der Waals surface area contributed by atoms with Gasteiger partial charge >= 0.3 is 0 Å². The van der Waals surface area contributed by atoms with Crippen molar-refractivity contribution >= 4 is 11.9 Å². The van der Waals surface area contributed by atoms with Crippen molar-refractivity contribution in [2.75, 3.05) is 26.2 Å². The van der Waals surface area contributed by atoms with Crippen LogP contribution in [0, 0.1) is 11.8 Å². The number of carbonyl (C=O) groups is 1. The molecule has 0 spiro atoms. The minimum Gasteiger partial charge on any atom is -0.357 e. The molecule has 0 radical (unpaired) electrons. The second kappa shape index (κ2) is 9.94. The molecule has 0 saturated carbocycles. The summed E-state index contributed by atoms with van der Waals surface area (Å²) in [5.41, 5.74) is 2.41.